The molecular weight excluding hydrogens is 435 g/mol. The van der Waals surface area contributed by atoms with Crippen molar-refractivity contribution in [2.45, 2.75) is 39.4 Å². The number of esters is 1. The van der Waals surface area contributed by atoms with Gasteiger partial charge in [0.2, 0.25) is 0 Å². The number of aryl methyl sites for hydroxylation is 1. The Labute approximate surface area is 187 Å². The molecule has 0 bridgehead atoms. The van der Waals surface area contributed by atoms with E-state index in [0.29, 0.717) is 34.2 Å². The number of nitrogens with zero attached hydrogens (tertiary/aromatic N) is 4. The molecule has 10 heteroatoms. The summed E-state index contributed by atoms with van der Waals surface area (Å²) in [4.78, 5) is 24.4. The summed E-state index contributed by atoms with van der Waals surface area (Å²) in [6.07, 6.45) is -0.312. The highest BCUT2D eigenvalue weighted by Crippen LogP contribution is 2.36. The van der Waals surface area contributed by atoms with Gasteiger partial charge >= 0.3 is 12.1 Å². The summed E-state index contributed by atoms with van der Waals surface area (Å²) in [6.45, 7) is 4.15. The summed E-state index contributed by atoms with van der Waals surface area (Å²) in [5.74, 6) is -0.153. The van der Waals surface area contributed by atoms with Gasteiger partial charge in [-0.2, -0.15) is 13.2 Å². The molecule has 0 saturated carbocycles. The molecule has 33 heavy (non-hydrogen) atoms. The quantitative estimate of drug-likeness (QED) is 0.327. The highest BCUT2D eigenvalue weighted by atomic mass is 19.4. The number of unbranched alkanes of at least 4 members (excludes halogenated alkanes) is 1. The van der Waals surface area contributed by atoms with Crippen LogP contribution in [0.4, 0.5) is 19.0 Å². The number of ether oxygens (including phenoxy) is 1. The third-order valence-electron chi connectivity index (χ3n) is 5.39. The Morgan fingerprint density at radius 2 is 1.94 bits per heavy atom. The predicted molar refractivity (Wildman–Crippen MR) is 118 cm³/mol. The lowest BCUT2D eigenvalue weighted by Crippen LogP contribution is -2.15. The predicted octanol–water partition coefficient (Wildman–Crippen LogP) is 4.90. The summed E-state index contributed by atoms with van der Waals surface area (Å²) in [6, 6.07) is 5.95. The van der Waals surface area contributed by atoms with E-state index in [4.69, 9.17) is 10.5 Å². The number of pyridine rings is 1. The molecule has 0 radical (unpaired) electrons. The number of anilines is 1. The number of aromatic nitrogens is 4. The Morgan fingerprint density at radius 3 is 2.61 bits per heavy atom. The van der Waals surface area contributed by atoms with E-state index >= 15 is 0 Å². The monoisotopic (exact) mass is 457 g/mol. The number of fused-ring (bicyclic) bond motifs is 3. The van der Waals surface area contributed by atoms with Crippen LogP contribution in [0.3, 0.4) is 0 Å². The molecule has 0 amide bonds. The molecule has 0 unspecified atom stereocenters. The van der Waals surface area contributed by atoms with Gasteiger partial charge in [0.05, 0.1) is 17.5 Å². The van der Waals surface area contributed by atoms with E-state index in [2.05, 4.69) is 15.0 Å². The molecule has 0 aliphatic carbocycles. The second-order valence-electron chi connectivity index (χ2n) is 7.74. The van der Waals surface area contributed by atoms with Crippen LogP contribution in [0.5, 0.6) is 0 Å². The van der Waals surface area contributed by atoms with Crippen molar-refractivity contribution in [1.82, 2.24) is 19.5 Å². The molecule has 4 aromatic rings. The summed E-state index contributed by atoms with van der Waals surface area (Å²) in [7, 11) is 0. The van der Waals surface area contributed by atoms with Crippen molar-refractivity contribution in [2.75, 3.05) is 12.3 Å². The Hall–Kier alpha value is -3.69. The van der Waals surface area contributed by atoms with Crippen LogP contribution in [-0.4, -0.2) is 32.1 Å². The molecule has 0 atom stereocenters. The van der Waals surface area contributed by atoms with E-state index in [1.807, 2.05) is 19.9 Å². The Morgan fingerprint density at radius 1 is 1.15 bits per heavy atom. The molecule has 0 fully saturated rings. The lowest BCUT2D eigenvalue weighted by atomic mass is 10.0. The minimum atomic E-state index is -4.51. The third kappa shape index (κ3) is 4.33. The summed E-state index contributed by atoms with van der Waals surface area (Å²) in [5, 5.41) is 1.26. The van der Waals surface area contributed by atoms with Crippen LogP contribution in [-0.2, 0) is 22.3 Å². The van der Waals surface area contributed by atoms with Gasteiger partial charge < -0.3 is 15.0 Å². The molecule has 0 aliphatic rings. The van der Waals surface area contributed by atoms with Gasteiger partial charge in [-0.15, -0.1) is 0 Å². The standard InChI is InChI=1S/C23H22F3N5O2/c1-3-4-7-33-18(32)11-31-20-13(2)8-15(14-5-6-17(28-10-14)23(24,25)26)9-16(20)19-21(27)29-12-30-22(19)31/h5-6,8-10,12H,3-4,7,11H2,1-2H3,(H2,27,29,30). The van der Waals surface area contributed by atoms with Gasteiger partial charge in [-0.1, -0.05) is 19.4 Å². The topological polar surface area (TPSA) is 95.9 Å². The van der Waals surface area contributed by atoms with E-state index in [0.717, 1.165) is 30.0 Å². The smallest absolute Gasteiger partial charge is 0.433 e. The third-order valence-corrected chi connectivity index (χ3v) is 5.39. The van der Waals surface area contributed by atoms with Gasteiger partial charge in [-0.25, -0.2) is 9.97 Å². The highest BCUT2D eigenvalue weighted by Gasteiger charge is 2.32. The molecule has 7 nitrogen and oxygen atoms in total. The van der Waals surface area contributed by atoms with E-state index in [1.54, 1.807) is 10.6 Å². The Balaban J connectivity index is 1.84. The van der Waals surface area contributed by atoms with Crippen LogP contribution in [0.25, 0.3) is 33.1 Å². The zero-order chi connectivity index (χ0) is 23.8. The minimum Gasteiger partial charge on any atom is -0.464 e. The number of carbonyl (C=O) groups is 1. The molecule has 0 saturated heterocycles. The van der Waals surface area contributed by atoms with E-state index in [9.17, 15) is 18.0 Å². The lowest BCUT2D eigenvalue weighted by molar-refractivity contribution is -0.144. The number of carbonyl (C=O) groups excluding carboxylic acids is 1. The number of rotatable bonds is 6. The van der Waals surface area contributed by atoms with Crippen molar-refractivity contribution in [2.24, 2.45) is 0 Å². The average molecular weight is 457 g/mol. The number of benzene rings is 1. The van der Waals surface area contributed by atoms with Gasteiger partial charge in [0.25, 0.3) is 0 Å². The van der Waals surface area contributed by atoms with Crippen LogP contribution in [0.2, 0.25) is 0 Å². The first-order chi connectivity index (χ1) is 15.7. The van der Waals surface area contributed by atoms with E-state index in [1.165, 1.54) is 18.6 Å². The molecule has 4 rings (SSSR count). The van der Waals surface area contributed by atoms with Crippen LogP contribution < -0.4 is 5.73 Å². The van der Waals surface area contributed by atoms with Gasteiger partial charge in [-0.3, -0.25) is 9.78 Å². The first-order valence-corrected chi connectivity index (χ1v) is 10.4. The lowest BCUT2D eigenvalue weighted by Gasteiger charge is -2.11. The van der Waals surface area contributed by atoms with Crippen molar-refractivity contribution < 1.29 is 22.7 Å². The zero-order valence-electron chi connectivity index (χ0n) is 18.1. The molecule has 0 aliphatic heterocycles. The Kier molecular flexibility index (Phi) is 5.92. The molecule has 0 spiro atoms. The summed E-state index contributed by atoms with van der Waals surface area (Å²) >= 11 is 0. The molecule has 2 N–H and O–H groups in total. The number of nitrogen functional groups attached to an aromatic ring is 1. The normalized spacial score (nSPS) is 11.9. The van der Waals surface area contributed by atoms with Crippen LogP contribution in [0.15, 0.2) is 36.8 Å². The van der Waals surface area contributed by atoms with Gasteiger partial charge in [0.1, 0.15) is 30.0 Å². The van der Waals surface area contributed by atoms with Crippen LogP contribution in [0.1, 0.15) is 31.0 Å². The fraction of sp³-hybridized carbons (Fsp3) is 0.304. The maximum absolute atomic E-state index is 12.9. The highest BCUT2D eigenvalue weighted by molar-refractivity contribution is 6.13. The van der Waals surface area contributed by atoms with E-state index in [-0.39, 0.29) is 12.4 Å². The molecule has 3 aromatic heterocycles. The van der Waals surface area contributed by atoms with Crippen molar-refractivity contribution in [1.29, 1.82) is 0 Å². The first-order valence-electron chi connectivity index (χ1n) is 10.4. The number of nitrogens with two attached hydrogens (primary N) is 1. The van der Waals surface area contributed by atoms with Crippen LogP contribution in [0, 0.1) is 6.92 Å². The van der Waals surface area contributed by atoms with Crippen molar-refractivity contribution in [3.63, 3.8) is 0 Å². The maximum Gasteiger partial charge on any atom is 0.433 e. The fourth-order valence-electron chi connectivity index (χ4n) is 3.84. The molecule has 172 valence electrons. The van der Waals surface area contributed by atoms with Gasteiger partial charge in [0.15, 0.2) is 0 Å². The second-order valence-corrected chi connectivity index (χ2v) is 7.74. The van der Waals surface area contributed by atoms with Crippen molar-refractivity contribution >= 4 is 33.7 Å². The van der Waals surface area contributed by atoms with Crippen molar-refractivity contribution in [3.05, 3.63) is 48.0 Å². The van der Waals surface area contributed by atoms with Gasteiger partial charge in [-0.05, 0) is 42.7 Å². The number of halogens is 3. The number of hydrogen-bond acceptors (Lipinski definition) is 6. The zero-order valence-corrected chi connectivity index (χ0v) is 18.1. The number of hydrogen-bond donors (Lipinski definition) is 1. The van der Waals surface area contributed by atoms with E-state index < -0.39 is 17.8 Å². The SMILES string of the molecule is CCCCOC(=O)Cn1c2ncnc(N)c2c2cc(-c3ccc(C(F)(F)F)nc3)cc(C)c21. The Bertz CT molecular complexity index is 1330. The maximum atomic E-state index is 12.9. The van der Waals surface area contributed by atoms with Crippen LogP contribution >= 0.6 is 0 Å². The second kappa shape index (κ2) is 8.68. The fourth-order valence-corrected chi connectivity index (χ4v) is 3.84. The molecular formula is C23H22F3N5O2. The minimum absolute atomic E-state index is 0.0534. The average Bonchev–Trinajstić information content (AvgIpc) is 3.08. The summed E-state index contributed by atoms with van der Waals surface area (Å²) < 4.78 is 45.7. The molecule has 3 heterocycles. The summed E-state index contributed by atoms with van der Waals surface area (Å²) in [5.41, 5.74) is 8.38. The largest absolute Gasteiger partial charge is 0.464 e. The van der Waals surface area contributed by atoms with Gasteiger partial charge in [0, 0.05) is 17.1 Å². The first kappa shape index (κ1) is 22.5. The van der Waals surface area contributed by atoms with Crippen molar-refractivity contribution in [3.8, 4) is 11.1 Å². The molecule has 1 aromatic carbocycles. The number of alkyl halides is 3.